The zero-order valence-electron chi connectivity index (χ0n) is 15.4. The van der Waals surface area contributed by atoms with Gasteiger partial charge in [0, 0.05) is 34.9 Å². The molecule has 2 heterocycles. The van der Waals surface area contributed by atoms with Gasteiger partial charge in [-0.25, -0.2) is 8.42 Å². The lowest BCUT2D eigenvalue weighted by Gasteiger charge is -2.08. The Hall–Kier alpha value is -3.10. The summed E-state index contributed by atoms with van der Waals surface area (Å²) in [6.07, 6.45) is 2.68. The Morgan fingerprint density at radius 3 is 2.55 bits per heavy atom. The van der Waals surface area contributed by atoms with Gasteiger partial charge in [0.2, 0.25) is 0 Å². The fourth-order valence-corrected chi connectivity index (χ4v) is 5.11. The molecule has 4 rings (SSSR count). The van der Waals surface area contributed by atoms with Crippen LogP contribution in [0.5, 0.6) is 0 Å². The minimum absolute atomic E-state index is 0.197. The number of H-pyrrole nitrogens is 1. The number of aromatic amines is 1. The van der Waals surface area contributed by atoms with E-state index in [-0.39, 0.29) is 10.1 Å². The van der Waals surface area contributed by atoms with Crippen LogP contribution in [0.15, 0.2) is 76.4 Å². The molecule has 0 atom stereocenters. The summed E-state index contributed by atoms with van der Waals surface area (Å²) in [6, 6.07) is 17.7. The molecule has 2 aromatic heterocycles. The minimum Gasteiger partial charge on any atom is -0.361 e. The number of aromatic nitrogens is 1. The maximum Gasteiger partial charge on any atom is 0.271 e. The molecule has 0 unspecified atom stereocenters. The first kappa shape index (κ1) is 19.2. The summed E-state index contributed by atoms with van der Waals surface area (Å²) in [5, 5.41) is 5.77. The minimum atomic E-state index is -3.60. The van der Waals surface area contributed by atoms with Gasteiger partial charge in [0.05, 0.1) is 0 Å². The molecule has 0 aliphatic carbocycles. The Bertz CT molecular complexity index is 1230. The van der Waals surface area contributed by atoms with Crippen LogP contribution in [0.1, 0.15) is 15.9 Å². The van der Waals surface area contributed by atoms with Crippen LogP contribution in [0.2, 0.25) is 0 Å². The Kier molecular flexibility index (Phi) is 5.37. The largest absolute Gasteiger partial charge is 0.361 e. The van der Waals surface area contributed by atoms with Crippen LogP contribution < -0.4 is 10.0 Å². The van der Waals surface area contributed by atoms with Crippen molar-refractivity contribution >= 4 is 43.9 Å². The molecule has 29 heavy (non-hydrogen) atoms. The predicted octanol–water partition coefficient (Wildman–Crippen LogP) is 4.00. The Morgan fingerprint density at radius 2 is 1.79 bits per heavy atom. The second-order valence-electron chi connectivity index (χ2n) is 6.48. The molecule has 3 N–H and O–H groups in total. The number of carbonyl (C=O) groups excluding carboxylic acids is 1. The number of carbonyl (C=O) groups is 1. The number of thiophene rings is 1. The fraction of sp³-hybridized carbons (Fsp3) is 0.0952. The van der Waals surface area contributed by atoms with E-state index in [0.717, 1.165) is 27.8 Å². The van der Waals surface area contributed by atoms with Gasteiger partial charge in [-0.05, 0) is 53.8 Å². The SMILES string of the molecule is O=C(NCCc1c[nH]c2ccccc12)c1ccc(NS(=O)(=O)c2cccs2)cc1. The van der Waals surface area contributed by atoms with E-state index in [9.17, 15) is 13.2 Å². The normalized spacial score (nSPS) is 11.4. The lowest BCUT2D eigenvalue weighted by Crippen LogP contribution is -2.25. The van der Waals surface area contributed by atoms with E-state index in [1.807, 2.05) is 24.4 Å². The van der Waals surface area contributed by atoms with Crippen LogP contribution in [-0.4, -0.2) is 25.9 Å². The molecule has 4 aromatic rings. The van der Waals surface area contributed by atoms with Gasteiger partial charge in [0.15, 0.2) is 0 Å². The van der Waals surface area contributed by atoms with E-state index >= 15 is 0 Å². The van der Waals surface area contributed by atoms with E-state index in [1.165, 1.54) is 0 Å². The number of nitrogens with one attached hydrogen (secondary N) is 3. The van der Waals surface area contributed by atoms with E-state index in [0.29, 0.717) is 24.2 Å². The molecule has 0 radical (unpaired) electrons. The van der Waals surface area contributed by atoms with Crippen LogP contribution in [0.25, 0.3) is 10.9 Å². The summed E-state index contributed by atoms with van der Waals surface area (Å²) < 4.78 is 27.3. The molecule has 2 aromatic carbocycles. The summed E-state index contributed by atoms with van der Waals surface area (Å²) in [6.45, 7) is 0.507. The number of rotatable bonds is 7. The zero-order valence-corrected chi connectivity index (χ0v) is 17.0. The number of hydrogen-bond donors (Lipinski definition) is 3. The number of para-hydroxylation sites is 1. The third kappa shape index (κ3) is 4.33. The molecule has 0 saturated heterocycles. The van der Waals surface area contributed by atoms with Crippen molar-refractivity contribution in [1.29, 1.82) is 0 Å². The molecule has 0 fully saturated rings. The number of sulfonamides is 1. The van der Waals surface area contributed by atoms with Gasteiger partial charge < -0.3 is 10.3 Å². The smallest absolute Gasteiger partial charge is 0.271 e. The quantitative estimate of drug-likeness (QED) is 0.418. The van der Waals surface area contributed by atoms with E-state index < -0.39 is 10.0 Å². The molecule has 0 aliphatic heterocycles. The Labute approximate surface area is 172 Å². The van der Waals surface area contributed by atoms with Crippen molar-refractivity contribution in [3.8, 4) is 0 Å². The third-order valence-electron chi connectivity index (χ3n) is 4.51. The van der Waals surface area contributed by atoms with Gasteiger partial charge in [-0.3, -0.25) is 9.52 Å². The average molecular weight is 426 g/mol. The van der Waals surface area contributed by atoms with Crippen LogP contribution in [0.3, 0.4) is 0 Å². The topological polar surface area (TPSA) is 91.1 Å². The van der Waals surface area contributed by atoms with E-state index in [2.05, 4.69) is 21.1 Å². The van der Waals surface area contributed by atoms with Crippen molar-refractivity contribution in [3.63, 3.8) is 0 Å². The van der Waals surface area contributed by atoms with Gasteiger partial charge in [0.1, 0.15) is 4.21 Å². The van der Waals surface area contributed by atoms with E-state index in [4.69, 9.17) is 0 Å². The van der Waals surface area contributed by atoms with Crippen LogP contribution >= 0.6 is 11.3 Å². The molecule has 8 heteroatoms. The van der Waals surface area contributed by atoms with Gasteiger partial charge >= 0.3 is 0 Å². The van der Waals surface area contributed by atoms with Crippen LogP contribution in [0.4, 0.5) is 5.69 Å². The summed E-state index contributed by atoms with van der Waals surface area (Å²) in [7, 11) is -3.60. The zero-order chi connectivity index (χ0) is 20.3. The number of hydrogen-bond acceptors (Lipinski definition) is 4. The standard InChI is InChI=1S/C21H19N3O3S2/c25-21(22-12-11-16-14-23-19-5-2-1-4-18(16)19)15-7-9-17(10-8-15)24-29(26,27)20-6-3-13-28-20/h1-10,13-14,23-24H,11-12H2,(H,22,25). The molecule has 0 saturated carbocycles. The monoisotopic (exact) mass is 425 g/mol. The highest BCUT2D eigenvalue weighted by Crippen LogP contribution is 2.21. The van der Waals surface area contributed by atoms with Crippen molar-refractivity contribution in [3.05, 3.63) is 83.4 Å². The average Bonchev–Trinajstić information content (AvgIpc) is 3.39. The maximum atomic E-state index is 12.4. The summed E-state index contributed by atoms with van der Waals surface area (Å²) >= 11 is 1.15. The Balaban J connectivity index is 1.34. The highest BCUT2D eigenvalue weighted by molar-refractivity contribution is 7.94. The predicted molar refractivity (Wildman–Crippen MR) is 116 cm³/mol. The number of anilines is 1. The lowest BCUT2D eigenvalue weighted by molar-refractivity contribution is 0.0954. The highest BCUT2D eigenvalue weighted by atomic mass is 32.2. The van der Waals surface area contributed by atoms with Gasteiger partial charge in [-0.1, -0.05) is 24.3 Å². The first-order chi connectivity index (χ1) is 14.0. The second-order valence-corrected chi connectivity index (χ2v) is 9.34. The van der Waals surface area contributed by atoms with Crippen molar-refractivity contribution in [2.75, 3.05) is 11.3 Å². The molecular formula is C21H19N3O3S2. The van der Waals surface area contributed by atoms with Crippen molar-refractivity contribution < 1.29 is 13.2 Å². The summed E-state index contributed by atoms with van der Waals surface area (Å²) in [4.78, 5) is 15.6. The summed E-state index contributed by atoms with van der Waals surface area (Å²) in [5.74, 6) is -0.197. The maximum absolute atomic E-state index is 12.4. The molecule has 0 spiro atoms. The highest BCUT2D eigenvalue weighted by Gasteiger charge is 2.15. The molecule has 0 bridgehead atoms. The van der Waals surface area contributed by atoms with Gasteiger partial charge in [-0.2, -0.15) is 0 Å². The first-order valence-electron chi connectivity index (χ1n) is 9.02. The van der Waals surface area contributed by atoms with Gasteiger partial charge in [0.25, 0.3) is 15.9 Å². The number of amides is 1. The Morgan fingerprint density at radius 1 is 1.00 bits per heavy atom. The molecule has 6 nitrogen and oxygen atoms in total. The van der Waals surface area contributed by atoms with Crippen molar-refractivity contribution in [1.82, 2.24) is 10.3 Å². The van der Waals surface area contributed by atoms with Crippen molar-refractivity contribution in [2.24, 2.45) is 0 Å². The molecule has 148 valence electrons. The van der Waals surface area contributed by atoms with E-state index in [1.54, 1.807) is 41.8 Å². The lowest BCUT2D eigenvalue weighted by atomic mass is 10.1. The second kappa shape index (κ2) is 8.10. The number of benzene rings is 2. The molecule has 1 amide bonds. The number of fused-ring (bicyclic) bond motifs is 1. The summed E-state index contributed by atoms with van der Waals surface area (Å²) in [5.41, 5.74) is 3.12. The molecule has 0 aliphatic rings. The van der Waals surface area contributed by atoms with Crippen molar-refractivity contribution in [2.45, 2.75) is 10.6 Å². The first-order valence-corrected chi connectivity index (χ1v) is 11.4. The van der Waals surface area contributed by atoms with Gasteiger partial charge in [-0.15, -0.1) is 11.3 Å². The molecular weight excluding hydrogens is 406 g/mol. The third-order valence-corrected chi connectivity index (χ3v) is 7.29. The van der Waals surface area contributed by atoms with Crippen LogP contribution in [0, 0.1) is 0 Å². The fourth-order valence-electron chi connectivity index (χ4n) is 3.06. The van der Waals surface area contributed by atoms with Crippen LogP contribution in [-0.2, 0) is 16.4 Å².